The van der Waals surface area contributed by atoms with Gasteiger partial charge in [0.15, 0.2) is 0 Å². The van der Waals surface area contributed by atoms with Gasteiger partial charge < -0.3 is 15.3 Å². The largest absolute Gasteiger partial charge is 0.396 e. The van der Waals surface area contributed by atoms with Gasteiger partial charge in [-0.1, -0.05) is 0 Å². The molecular formula is C11H22N2O. The normalized spacial score (nSPS) is 40.3. The molecule has 0 radical (unpaired) electrons. The van der Waals surface area contributed by atoms with Crippen LogP contribution < -0.4 is 5.32 Å². The summed E-state index contributed by atoms with van der Waals surface area (Å²) in [4.78, 5) is 2.44. The Balaban J connectivity index is 1.98. The molecule has 14 heavy (non-hydrogen) atoms. The van der Waals surface area contributed by atoms with Crippen LogP contribution in [0.2, 0.25) is 0 Å². The molecule has 2 rings (SSSR count). The van der Waals surface area contributed by atoms with Crippen molar-refractivity contribution in [3.8, 4) is 0 Å². The molecule has 3 atom stereocenters. The van der Waals surface area contributed by atoms with Gasteiger partial charge in [0.1, 0.15) is 0 Å². The molecule has 0 aliphatic carbocycles. The second-order valence-corrected chi connectivity index (χ2v) is 4.81. The SMILES string of the molecule is CN1CCC(CO)C1C1CCCNC1. The van der Waals surface area contributed by atoms with Crippen molar-refractivity contribution in [3.05, 3.63) is 0 Å². The van der Waals surface area contributed by atoms with E-state index in [0.717, 1.165) is 19.0 Å². The Hall–Kier alpha value is -0.120. The van der Waals surface area contributed by atoms with Crippen LogP contribution in [0.25, 0.3) is 0 Å². The highest BCUT2D eigenvalue weighted by atomic mass is 16.3. The molecule has 0 bridgehead atoms. The van der Waals surface area contributed by atoms with Gasteiger partial charge in [0, 0.05) is 12.6 Å². The van der Waals surface area contributed by atoms with E-state index in [1.165, 1.54) is 25.8 Å². The number of piperidine rings is 1. The van der Waals surface area contributed by atoms with Gasteiger partial charge in [0.25, 0.3) is 0 Å². The van der Waals surface area contributed by atoms with Gasteiger partial charge in [-0.25, -0.2) is 0 Å². The van der Waals surface area contributed by atoms with Gasteiger partial charge in [-0.15, -0.1) is 0 Å². The number of hydrogen-bond acceptors (Lipinski definition) is 3. The molecule has 0 aromatic carbocycles. The monoisotopic (exact) mass is 198 g/mol. The molecular weight excluding hydrogens is 176 g/mol. The molecule has 2 heterocycles. The fraction of sp³-hybridized carbons (Fsp3) is 1.00. The molecule has 0 aromatic rings. The van der Waals surface area contributed by atoms with E-state index < -0.39 is 0 Å². The lowest BCUT2D eigenvalue weighted by atomic mass is 9.84. The molecule has 2 aliphatic rings. The fourth-order valence-electron chi connectivity index (χ4n) is 3.16. The van der Waals surface area contributed by atoms with Crippen molar-refractivity contribution in [3.63, 3.8) is 0 Å². The Kier molecular flexibility index (Phi) is 3.42. The van der Waals surface area contributed by atoms with Crippen molar-refractivity contribution in [1.82, 2.24) is 10.2 Å². The summed E-state index contributed by atoms with van der Waals surface area (Å²) < 4.78 is 0. The Morgan fingerprint density at radius 2 is 2.29 bits per heavy atom. The number of nitrogens with zero attached hydrogens (tertiary/aromatic N) is 1. The van der Waals surface area contributed by atoms with Gasteiger partial charge >= 0.3 is 0 Å². The van der Waals surface area contributed by atoms with E-state index in [9.17, 15) is 5.11 Å². The third-order valence-electron chi connectivity index (χ3n) is 3.90. The zero-order valence-corrected chi connectivity index (χ0v) is 9.08. The van der Waals surface area contributed by atoms with Crippen LogP contribution >= 0.6 is 0 Å². The third kappa shape index (κ3) is 1.95. The Morgan fingerprint density at radius 1 is 1.43 bits per heavy atom. The maximum atomic E-state index is 9.34. The van der Waals surface area contributed by atoms with Crippen LogP contribution in [-0.4, -0.2) is 49.3 Å². The van der Waals surface area contributed by atoms with E-state index >= 15 is 0 Å². The number of aliphatic hydroxyl groups excluding tert-OH is 1. The van der Waals surface area contributed by atoms with Crippen LogP contribution in [-0.2, 0) is 0 Å². The minimum absolute atomic E-state index is 0.367. The quantitative estimate of drug-likeness (QED) is 0.670. The predicted octanol–water partition coefficient (Wildman–Crippen LogP) is 0.299. The second kappa shape index (κ2) is 4.60. The Bertz CT molecular complexity index is 180. The van der Waals surface area contributed by atoms with Gasteiger partial charge in [-0.05, 0) is 57.8 Å². The van der Waals surface area contributed by atoms with E-state index in [1.54, 1.807) is 0 Å². The van der Waals surface area contributed by atoms with E-state index in [1.807, 2.05) is 0 Å². The van der Waals surface area contributed by atoms with Crippen molar-refractivity contribution in [2.45, 2.75) is 25.3 Å². The average molecular weight is 198 g/mol. The number of nitrogens with one attached hydrogen (secondary N) is 1. The average Bonchev–Trinajstić information content (AvgIpc) is 2.61. The summed E-state index contributed by atoms with van der Waals surface area (Å²) in [5.74, 6) is 1.28. The van der Waals surface area contributed by atoms with E-state index in [-0.39, 0.29) is 0 Å². The van der Waals surface area contributed by atoms with Crippen molar-refractivity contribution in [1.29, 1.82) is 0 Å². The van der Waals surface area contributed by atoms with Crippen LogP contribution in [0.4, 0.5) is 0 Å². The summed E-state index contributed by atoms with van der Waals surface area (Å²) in [6.07, 6.45) is 3.81. The minimum Gasteiger partial charge on any atom is -0.396 e. The van der Waals surface area contributed by atoms with E-state index in [4.69, 9.17) is 0 Å². The zero-order chi connectivity index (χ0) is 9.97. The molecule has 2 saturated heterocycles. The number of rotatable bonds is 2. The van der Waals surface area contributed by atoms with E-state index in [0.29, 0.717) is 18.6 Å². The standard InChI is InChI=1S/C11H22N2O/c1-13-6-4-10(8-14)11(13)9-3-2-5-12-7-9/h9-12,14H,2-8H2,1H3. The van der Waals surface area contributed by atoms with Crippen LogP contribution in [0.1, 0.15) is 19.3 Å². The van der Waals surface area contributed by atoms with Gasteiger partial charge in [-0.2, -0.15) is 0 Å². The van der Waals surface area contributed by atoms with Gasteiger partial charge in [-0.3, -0.25) is 0 Å². The molecule has 0 aromatic heterocycles. The zero-order valence-electron chi connectivity index (χ0n) is 9.08. The second-order valence-electron chi connectivity index (χ2n) is 4.81. The highest BCUT2D eigenvalue weighted by Gasteiger charge is 2.37. The van der Waals surface area contributed by atoms with Gasteiger partial charge in [0.2, 0.25) is 0 Å². The van der Waals surface area contributed by atoms with Crippen molar-refractivity contribution >= 4 is 0 Å². The van der Waals surface area contributed by atoms with Crippen LogP contribution in [0.5, 0.6) is 0 Å². The first kappa shape index (κ1) is 10.4. The molecule has 3 unspecified atom stereocenters. The smallest absolute Gasteiger partial charge is 0.0474 e. The fourth-order valence-corrected chi connectivity index (χ4v) is 3.16. The number of aliphatic hydroxyl groups is 1. The summed E-state index contributed by atoms with van der Waals surface area (Å²) in [5.41, 5.74) is 0. The first-order chi connectivity index (χ1) is 6.83. The molecule has 0 saturated carbocycles. The van der Waals surface area contributed by atoms with Crippen molar-refractivity contribution in [2.24, 2.45) is 11.8 Å². The van der Waals surface area contributed by atoms with E-state index in [2.05, 4.69) is 17.3 Å². The number of likely N-dealkylation sites (tertiary alicyclic amines) is 1. The van der Waals surface area contributed by atoms with Gasteiger partial charge in [0.05, 0.1) is 0 Å². The first-order valence-electron chi connectivity index (χ1n) is 5.84. The van der Waals surface area contributed by atoms with Crippen LogP contribution in [0.3, 0.4) is 0 Å². The summed E-state index contributed by atoms with van der Waals surface area (Å²) in [6, 6.07) is 0.618. The lowest BCUT2D eigenvalue weighted by Crippen LogP contribution is -2.45. The maximum Gasteiger partial charge on any atom is 0.0474 e. The third-order valence-corrected chi connectivity index (χ3v) is 3.90. The number of hydrogen-bond donors (Lipinski definition) is 2. The summed E-state index contributed by atoms with van der Waals surface area (Å²) in [6.45, 7) is 3.85. The summed E-state index contributed by atoms with van der Waals surface area (Å²) >= 11 is 0. The topological polar surface area (TPSA) is 35.5 Å². The molecule has 2 aliphatic heterocycles. The molecule has 3 heteroatoms. The highest BCUT2D eigenvalue weighted by Crippen LogP contribution is 2.31. The Morgan fingerprint density at radius 3 is 2.93 bits per heavy atom. The predicted molar refractivity (Wildman–Crippen MR) is 57.2 cm³/mol. The maximum absolute atomic E-state index is 9.34. The molecule has 0 amide bonds. The lowest BCUT2D eigenvalue weighted by molar-refractivity contribution is 0.122. The molecule has 2 fully saturated rings. The van der Waals surface area contributed by atoms with Crippen molar-refractivity contribution in [2.75, 3.05) is 33.3 Å². The first-order valence-corrected chi connectivity index (χ1v) is 5.84. The molecule has 3 nitrogen and oxygen atoms in total. The molecule has 2 N–H and O–H groups in total. The Labute approximate surface area is 86.5 Å². The molecule has 82 valence electrons. The minimum atomic E-state index is 0.367. The summed E-state index contributed by atoms with van der Waals surface area (Å²) in [5, 5.41) is 12.8. The van der Waals surface area contributed by atoms with Crippen molar-refractivity contribution < 1.29 is 5.11 Å². The van der Waals surface area contributed by atoms with Crippen LogP contribution in [0, 0.1) is 11.8 Å². The summed E-state index contributed by atoms with van der Waals surface area (Å²) in [7, 11) is 2.20. The lowest BCUT2D eigenvalue weighted by Gasteiger charge is -2.35. The highest BCUT2D eigenvalue weighted by molar-refractivity contribution is 4.91. The van der Waals surface area contributed by atoms with Crippen LogP contribution in [0.15, 0.2) is 0 Å². The molecule has 0 spiro atoms.